The number of hydrogen-bond acceptors (Lipinski definition) is 4. The molecule has 1 N–H and O–H groups in total. The highest BCUT2D eigenvalue weighted by molar-refractivity contribution is 5.95. The van der Waals surface area contributed by atoms with Crippen LogP contribution in [-0.2, 0) is 14.3 Å². The number of carbonyl (C=O) groups excluding carboxylic acids is 3. The van der Waals surface area contributed by atoms with E-state index >= 15 is 0 Å². The number of nitrogens with zero attached hydrogens (tertiary/aromatic N) is 1. The number of benzene rings is 2. The maximum atomic E-state index is 13.2. The summed E-state index contributed by atoms with van der Waals surface area (Å²) >= 11 is 0. The number of ether oxygens (including phenoxy) is 1. The quantitative estimate of drug-likeness (QED) is 0.749. The molecule has 29 heavy (non-hydrogen) atoms. The number of halogens is 2. The fourth-order valence-corrected chi connectivity index (χ4v) is 2.48. The lowest BCUT2D eigenvalue weighted by atomic mass is 10.1. The van der Waals surface area contributed by atoms with Crippen molar-refractivity contribution in [3.05, 3.63) is 65.7 Å². The van der Waals surface area contributed by atoms with Crippen molar-refractivity contribution in [1.29, 1.82) is 0 Å². The average Bonchev–Trinajstić information content (AvgIpc) is 2.65. The van der Waals surface area contributed by atoms with E-state index < -0.39 is 41.6 Å². The number of esters is 1. The predicted molar refractivity (Wildman–Crippen MR) is 103 cm³/mol. The predicted octanol–water partition coefficient (Wildman–Crippen LogP) is 3.39. The van der Waals surface area contributed by atoms with E-state index in [-0.39, 0.29) is 12.1 Å². The highest BCUT2D eigenvalue weighted by Crippen LogP contribution is 2.15. The molecule has 0 bridgehead atoms. The Kier molecular flexibility index (Phi) is 7.03. The molecule has 2 rings (SSSR count). The maximum Gasteiger partial charge on any atom is 0.338 e. The first-order chi connectivity index (χ1) is 13.6. The van der Waals surface area contributed by atoms with Gasteiger partial charge in [-0.3, -0.25) is 9.59 Å². The van der Waals surface area contributed by atoms with Gasteiger partial charge in [-0.2, -0.15) is 0 Å². The molecule has 0 atom stereocenters. The van der Waals surface area contributed by atoms with Crippen LogP contribution in [0.3, 0.4) is 0 Å². The highest BCUT2D eigenvalue weighted by atomic mass is 19.1. The lowest BCUT2D eigenvalue weighted by Gasteiger charge is -2.35. The minimum atomic E-state index is -0.845. The molecule has 6 nitrogen and oxygen atoms in total. The molecule has 2 amide bonds. The number of nitrogens with one attached hydrogen (secondary N) is 1. The van der Waals surface area contributed by atoms with Crippen LogP contribution in [0.4, 0.5) is 14.5 Å². The van der Waals surface area contributed by atoms with Crippen LogP contribution in [-0.4, -0.2) is 41.4 Å². The summed E-state index contributed by atoms with van der Waals surface area (Å²) in [4.78, 5) is 38.1. The summed E-state index contributed by atoms with van der Waals surface area (Å²) in [6.45, 7) is 4.28. The molecule has 0 saturated heterocycles. The van der Waals surface area contributed by atoms with Gasteiger partial charge < -0.3 is 15.0 Å². The Morgan fingerprint density at radius 1 is 1.00 bits per heavy atom. The lowest BCUT2D eigenvalue weighted by Crippen LogP contribution is -2.50. The summed E-state index contributed by atoms with van der Waals surface area (Å²) in [5, 5.41) is 2.57. The number of carbonyl (C=O) groups is 3. The van der Waals surface area contributed by atoms with Gasteiger partial charge in [0.25, 0.3) is 5.91 Å². The van der Waals surface area contributed by atoms with Crippen molar-refractivity contribution in [2.24, 2.45) is 0 Å². The summed E-state index contributed by atoms with van der Waals surface area (Å²) in [6, 6.07) is 10.1. The Labute approximate surface area is 167 Å². The van der Waals surface area contributed by atoms with E-state index in [1.54, 1.807) is 20.8 Å². The van der Waals surface area contributed by atoms with Gasteiger partial charge in [0.05, 0.1) is 5.56 Å². The Morgan fingerprint density at radius 2 is 1.66 bits per heavy atom. The minimum absolute atomic E-state index is 0.0193. The van der Waals surface area contributed by atoms with E-state index in [0.717, 1.165) is 6.07 Å². The van der Waals surface area contributed by atoms with Crippen molar-refractivity contribution in [2.45, 2.75) is 26.3 Å². The number of amides is 2. The average molecular weight is 404 g/mol. The molecule has 0 fully saturated rings. The van der Waals surface area contributed by atoms with E-state index in [2.05, 4.69) is 5.32 Å². The van der Waals surface area contributed by atoms with Crippen LogP contribution in [0.5, 0.6) is 0 Å². The first-order valence-corrected chi connectivity index (χ1v) is 8.85. The van der Waals surface area contributed by atoms with Crippen LogP contribution < -0.4 is 5.32 Å². The third-order valence-electron chi connectivity index (χ3n) is 3.93. The van der Waals surface area contributed by atoms with Crippen LogP contribution in [0.15, 0.2) is 48.5 Å². The van der Waals surface area contributed by atoms with Crippen molar-refractivity contribution < 1.29 is 27.9 Å². The van der Waals surface area contributed by atoms with E-state index in [1.165, 1.54) is 47.4 Å². The molecule has 0 aliphatic heterocycles. The third-order valence-corrected chi connectivity index (χ3v) is 3.93. The molecular formula is C21H22F2N2O4. The molecule has 0 unspecified atom stereocenters. The molecule has 0 heterocycles. The standard InChI is InChI=1S/C21H22F2N2O4/c1-21(2,3)25(12-18(26)24-17-9-7-15(22)8-10-17)19(27)13-29-20(28)14-5-4-6-16(23)11-14/h4-11H,12-13H2,1-3H3,(H,24,26). The summed E-state index contributed by atoms with van der Waals surface area (Å²) in [5.74, 6) is -2.95. The maximum absolute atomic E-state index is 13.2. The molecule has 0 aliphatic rings. The fraction of sp³-hybridized carbons (Fsp3) is 0.286. The fourth-order valence-electron chi connectivity index (χ4n) is 2.48. The second kappa shape index (κ2) is 9.27. The molecule has 0 saturated carbocycles. The van der Waals surface area contributed by atoms with Crippen molar-refractivity contribution in [3.63, 3.8) is 0 Å². The molecule has 0 aliphatic carbocycles. The van der Waals surface area contributed by atoms with Gasteiger partial charge >= 0.3 is 5.97 Å². The normalized spacial score (nSPS) is 10.9. The van der Waals surface area contributed by atoms with Crippen LogP contribution in [0, 0.1) is 11.6 Å². The van der Waals surface area contributed by atoms with Crippen LogP contribution in [0.1, 0.15) is 31.1 Å². The van der Waals surface area contributed by atoms with E-state index in [0.29, 0.717) is 5.69 Å². The van der Waals surface area contributed by atoms with Crippen molar-refractivity contribution >= 4 is 23.5 Å². The summed E-state index contributed by atoms with van der Waals surface area (Å²) in [7, 11) is 0. The molecule has 0 radical (unpaired) electrons. The van der Waals surface area contributed by atoms with Gasteiger partial charge in [-0.1, -0.05) is 6.07 Å². The Hall–Kier alpha value is -3.29. The van der Waals surface area contributed by atoms with Gasteiger partial charge in [-0.25, -0.2) is 13.6 Å². The van der Waals surface area contributed by atoms with E-state index in [1.807, 2.05) is 0 Å². The van der Waals surface area contributed by atoms with Crippen molar-refractivity contribution in [1.82, 2.24) is 4.90 Å². The second-order valence-electron chi connectivity index (χ2n) is 7.29. The second-order valence-corrected chi connectivity index (χ2v) is 7.29. The van der Waals surface area contributed by atoms with Gasteiger partial charge in [-0.15, -0.1) is 0 Å². The summed E-state index contributed by atoms with van der Waals surface area (Å²) in [5.41, 5.74) is -0.368. The first-order valence-electron chi connectivity index (χ1n) is 8.85. The molecule has 2 aromatic rings. The van der Waals surface area contributed by atoms with Crippen molar-refractivity contribution in [2.75, 3.05) is 18.5 Å². The summed E-state index contributed by atoms with van der Waals surface area (Å²) < 4.78 is 31.1. The van der Waals surface area contributed by atoms with Gasteiger partial charge in [0.15, 0.2) is 6.61 Å². The zero-order valence-corrected chi connectivity index (χ0v) is 16.4. The number of rotatable bonds is 6. The Balaban J connectivity index is 1.99. The molecule has 8 heteroatoms. The molecular weight excluding hydrogens is 382 g/mol. The van der Waals surface area contributed by atoms with Crippen LogP contribution in [0.2, 0.25) is 0 Å². The van der Waals surface area contributed by atoms with E-state index in [4.69, 9.17) is 4.74 Å². The first kappa shape index (κ1) is 22.0. The highest BCUT2D eigenvalue weighted by Gasteiger charge is 2.29. The number of anilines is 1. The molecule has 0 aromatic heterocycles. The van der Waals surface area contributed by atoms with Crippen molar-refractivity contribution in [3.8, 4) is 0 Å². The zero-order valence-electron chi connectivity index (χ0n) is 16.4. The summed E-state index contributed by atoms with van der Waals surface area (Å²) in [6.07, 6.45) is 0. The largest absolute Gasteiger partial charge is 0.452 e. The number of hydrogen-bond donors (Lipinski definition) is 1. The zero-order chi connectivity index (χ0) is 21.6. The lowest BCUT2D eigenvalue weighted by molar-refractivity contribution is -0.142. The Bertz CT molecular complexity index is 892. The van der Waals surface area contributed by atoms with E-state index in [9.17, 15) is 23.2 Å². The smallest absolute Gasteiger partial charge is 0.338 e. The molecule has 154 valence electrons. The Morgan fingerprint density at radius 3 is 2.24 bits per heavy atom. The van der Waals surface area contributed by atoms with Gasteiger partial charge in [0.2, 0.25) is 5.91 Å². The molecule has 2 aromatic carbocycles. The topological polar surface area (TPSA) is 75.7 Å². The van der Waals surface area contributed by atoms with Gasteiger partial charge in [0, 0.05) is 11.2 Å². The van der Waals surface area contributed by atoms with Crippen LogP contribution in [0.25, 0.3) is 0 Å². The van der Waals surface area contributed by atoms with Gasteiger partial charge in [0.1, 0.15) is 18.2 Å². The molecule has 0 spiro atoms. The monoisotopic (exact) mass is 404 g/mol. The van der Waals surface area contributed by atoms with Crippen LogP contribution >= 0.6 is 0 Å². The minimum Gasteiger partial charge on any atom is -0.452 e. The van der Waals surface area contributed by atoms with Gasteiger partial charge in [-0.05, 0) is 63.2 Å². The third kappa shape index (κ3) is 6.67. The SMILES string of the molecule is CC(C)(C)N(CC(=O)Nc1ccc(F)cc1)C(=O)COC(=O)c1cccc(F)c1.